The number of guanidine groups is 1. The molecule has 142 valence electrons. The fraction of sp³-hybridized carbons (Fsp3) is 0.350. The van der Waals surface area contributed by atoms with Crippen LogP contribution in [-0.4, -0.2) is 33.3 Å². The lowest BCUT2D eigenvalue weighted by molar-refractivity contribution is 0.340. The first kappa shape index (κ1) is 22.1. The average Bonchev–Trinajstić information content (AvgIpc) is 2.65. The lowest BCUT2D eigenvalue weighted by Gasteiger charge is -2.13. The summed E-state index contributed by atoms with van der Waals surface area (Å²) in [4.78, 5) is 4.27. The second-order valence-electron chi connectivity index (χ2n) is 5.49. The average molecular weight is 469 g/mol. The summed E-state index contributed by atoms with van der Waals surface area (Å²) in [5.41, 5.74) is 2.33. The van der Waals surface area contributed by atoms with E-state index in [2.05, 4.69) is 27.8 Å². The second-order valence-corrected chi connectivity index (χ2v) is 5.49. The quantitative estimate of drug-likeness (QED) is 0.353. The van der Waals surface area contributed by atoms with Crippen molar-refractivity contribution in [2.45, 2.75) is 19.9 Å². The van der Waals surface area contributed by atoms with Crippen molar-refractivity contribution in [3.05, 3.63) is 59.7 Å². The van der Waals surface area contributed by atoms with E-state index in [0.29, 0.717) is 13.2 Å². The van der Waals surface area contributed by atoms with Crippen LogP contribution in [0.3, 0.4) is 0 Å². The molecule has 0 amide bonds. The Hall–Kier alpha value is -1.96. The van der Waals surface area contributed by atoms with Crippen LogP contribution in [0, 0.1) is 0 Å². The molecule has 0 atom stereocenters. The van der Waals surface area contributed by atoms with Gasteiger partial charge in [-0.15, -0.1) is 24.0 Å². The van der Waals surface area contributed by atoms with Crippen LogP contribution in [0.1, 0.15) is 18.1 Å². The third kappa shape index (κ3) is 7.11. The third-order valence-corrected chi connectivity index (χ3v) is 3.77. The highest BCUT2D eigenvalue weighted by Gasteiger charge is 2.03. The van der Waals surface area contributed by atoms with E-state index < -0.39 is 0 Å². The molecule has 6 heteroatoms. The number of methoxy groups -OCH3 is 1. The van der Waals surface area contributed by atoms with E-state index in [0.717, 1.165) is 36.0 Å². The lowest BCUT2D eigenvalue weighted by atomic mass is 10.1. The number of halogens is 1. The van der Waals surface area contributed by atoms with Crippen LogP contribution in [0.25, 0.3) is 0 Å². The Bertz CT molecular complexity index is 692. The zero-order valence-electron chi connectivity index (χ0n) is 15.6. The summed E-state index contributed by atoms with van der Waals surface area (Å²) in [6, 6.07) is 16.1. The minimum absolute atomic E-state index is 0. The number of nitrogens with one attached hydrogen (secondary N) is 2. The molecular formula is C20H28IN3O2. The summed E-state index contributed by atoms with van der Waals surface area (Å²) in [5, 5.41) is 6.65. The molecule has 2 aromatic carbocycles. The maximum atomic E-state index is 5.53. The van der Waals surface area contributed by atoms with E-state index in [9.17, 15) is 0 Å². The highest BCUT2D eigenvalue weighted by Crippen LogP contribution is 2.17. The van der Waals surface area contributed by atoms with Gasteiger partial charge in [-0.3, -0.25) is 4.99 Å². The normalized spacial score (nSPS) is 10.7. The van der Waals surface area contributed by atoms with E-state index in [1.54, 1.807) is 14.2 Å². The molecule has 2 aromatic rings. The van der Waals surface area contributed by atoms with Gasteiger partial charge in [0, 0.05) is 20.1 Å². The fourth-order valence-electron chi connectivity index (χ4n) is 2.54. The molecule has 0 unspecified atom stereocenters. The molecule has 0 saturated carbocycles. The molecule has 5 nitrogen and oxygen atoms in total. The summed E-state index contributed by atoms with van der Waals surface area (Å²) in [6.45, 7) is 4.12. The second kappa shape index (κ2) is 12.4. The van der Waals surface area contributed by atoms with Crippen molar-refractivity contribution in [1.82, 2.24) is 10.6 Å². The molecule has 2 rings (SSSR count). The van der Waals surface area contributed by atoms with Crippen LogP contribution in [-0.2, 0) is 13.0 Å². The number of rotatable bonds is 8. The first-order chi connectivity index (χ1) is 12.3. The molecule has 0 aromatic heterocycles. The number of benzene rings is 2. The van der Waals surface area contributed by atoms with Crippen molar-refractivity contribution in [2.24, 2.45) is 4.99 Å². The van der Waals surface area contributed by atoms with Gasteiger partial charge in [-0.25, -0.2) is 0 Å². The molecule has 0 saturated heterocycles. The van der Waals surface area contributed by atoms with Crippen LogP contribution >= 0.6 is 24.0 Å². The van der Waals surface area contributed by atoms with Crippen molar-refractivity contribution in [3.8, 4) is 11.5 Å². The molecule has 0 bridgehead atoms. The number of para-hydroxylation sites is 1. The Morgan fingerprint density at radius 3 is 2.62 bits per heavy atom. The third-order valence-electron chi connectivity index (χ3n) is 3.77. The number of aliphatic imine (C=N–C) groups is 1. The summed E-state index contributed by atoms with van der Waals surface area (Å²) >= 11 is 0. The van der Waals surface area contributed by atoms with E-state index in [-0.39, 0.29) is 24.0 Å². The predicted molar refractivity (Wildman–Crippen MR) is 118 cm³/mol. The molecule has 2 N–H and O–H groups in total. The maximum Gasteiger partial charge on any atom is 0.191 e. The zero-order chi connectivity index (χ0) is 17.9. The summed E-state index contributed by atoms with van der Waals surface area (Å²) < 4.78 is 10.9. The van der Waals surface area contributed by atoms with Gasteiger partial charge in [0.25, 0.3) is 0 Å². The Morgan fingerprint density at radius 1 is 1.08 bits per heavy atom. The minimum atomic E-state index is 0. The van der Waals surface area contributed by atoms with Gasteiger partial charge in [-0.05, 0) is 42.7 Å². The van der Waals surface area contributed by atoms with Gasteiger partial charge in [0.15, 0.2) is 5.96 Å². The van der Waals surface area contributed by atoms with Gasteiger partial charge in [0.05, 0.1) is 13.7 Å². The van der Waals surface area contributed by atoms with Gasteiger partial charge < -0.3 is 20.1 Å². The smallest absolute Gasteiger partial charge is 0.191 e. The molecule has 0 fully saturated rings. The topological polar surface area (TPSA) is 54.9 Å². The fourth-order valence-corrected chi connectivity index (χ4v) is 2.54. The van der Waals surface area contributed by atoms with Gasteiger partial charge in [-0.1, -0.05) is 30.3 Å². The number of ether oxygens (including phenoxy) is 2. The van der Waals surface area contributed by atoms with Crippen molar-refractivity contribution < 1.29 is 9.47 Å². The van der Waals surface area contributed by atoms with Crippen LogP contribution < -0.4 is 20.1 Å². The molecule has 0 aliphatic carbocycles. The maximum absolute atomic E-state index is 5.53. The molecule has 0 aliphatic heterocycles. The van der Waals surface area contributed by atoms with E-state index >= 15 is 0 Å². The summed E-state index contributed by atoms with van der Waals surface area (Å²) in [6.07, 6.45) is 0.866. The van der Waals surface area contributed by atoms with Gasteiger partial charge >= 0.3 is 0 Å². The van der Waals surface area contributed by atoms with Gasteiger partial charge in [-0.2, -0.15) is 0 Å². The van der Waals surface area contributed by atoms with E-state index in [1.807, 2.05) is 43.3 Å². The van der Waals surface area contributed by atoms with E-state index in [1.165, 1.54) is 5.56 Å². The first-order valence-electron chi connectivity index (χ1n) is 8.55. The summed E-state index contributed by atoms with van der Waals surface area (Å²) in [7, 11) is 3.47. The molecular weight excluding hydrogens is 441 g/mol. The van der Waals surface area contributed by atoms with Crippen LogP contribution in [0.4, 0.5) is 0 Å². The van der Waals surface area contributed by atoms with Gasteiger partial charge in [0.1, 0.15) is 11.5 Å². The Kier molecular flexibility index (Phi) is 10.5. The van der Waals surface area contributed by atoms with Crippen molar-refractivity contribution in [1.29, 1.82) is 0 Å². The highest BCUT2D eigenvalue weighted by atomic mass is 127. The largest absolute Gasteiger partial charge is 0.496 e. The summed E-state index contributed by atoms with van der Waals surface area (Å²) in [5.74, 6) is 2.58. The monoisotopic (exact) mass is 469 g/mol. The van der Waals surface area contributed by atoms with Crippen molar-refractivity contribution in [2.75, 3.05) is 27.3 Å². The molecule has 0 aliphatic rings. The highest BCUT2D eigenvalue weighted by molar-refractivity contribution is 14.0. The van der Waals surface area contributed by atoms with Crippen LogP contribution in [0.5, 0.6) is 11.5 Å². The predicted octanol–water partition coefficient (Wildman–Crippen LogP) is 3.62. The SMILES string of the molecule is CCOc1cccc(CNC(=NC)NCCc2ccccc2OC)c1.I. The van der Waals surface area contributed by atoms with Crippen molar-refractivity contribution >= 4 is 29.9 Å². The lowest BCUT2D eigenvalue weighted by Crippen LogP contribution is -2.37. The van der Waals surface area contributed by atoms with Crippen molar-refractivity contribution in [3.63, 3.8) is 0 Å². The molecule has 0 radical (unpaired) electrons. The van der Waals surface area contributed by atoms with Crippen LogP contribution in [0.2, 0.25) is 0 Å². The number of hydrogen-bond acceptors (Lipinski definition) is 3. The van der Waals surface area contributed by atoms with Crippen LogP contribution in [0.15, 0.2) is 53.5 Å². The molecule has 0 heterocycles. The standard InChI is InChI=1S/C20H27N3O2.HI/c1-4-25-18-10-7-8-16(14-18)15-23-20(21-2)22-13-12-17-9-5-6-11-19(17)24-3;/h5-11,14H,4,12-13,15H2,1-3H3,(H2,21,22,23);1H. The Balaban J connectivity index is 0.00000338. The first-order valence-corrected chi connectivity index (χ1v) is 8.55. The Morgan fingerprint density at radius 2 is 1.88 bits per heavy atom. The number of nitrogens with zero attached hydrogens (tertiary/aromatic N) is 1. The molecule has 0 spiro atoms. The number of hydrogen-bond donors (Lipinski definition) is 2. The zero-order valence-corrected chi connectivity index (χ0v) is 17.9. The van der Waals surface area contributed by atoms with E-state index in [4.69, 9.17) is 9.47 Å². The molecule has 26 heavy (non-hydrogen) atoms. The Labute approximate surface area is 173 Å². The van der Waals surface area contributed by atoms with Gasteiger partial charge in [0.2, 0.25) is 0 Å². The minimum Gasteiger partial charge on any atom is -0.496 e.